The quantitative estimate of drug-likeness (QED) is 0.597. The van der Waals surface area contributed by atoms with Crippen LogP contribution < -0.4 is 10.6 Å². The maximum atomic E-state index is 13.1. The van der Waals surface area contributed by atoms with Gasteiger partial charge in [0.2, 0.25) is 10.9 Å². The predicted octanol–water partition coefficient (Wildman–Crippen LogP) is 3.07. The number of carbonyl (C=O) groups excluding carboxylic acids is 2. The van der Waals surface area contributed by atoms with Crippen LogP contribution in [0.1, 0.15) is 20.6 Å². The van der Waals surface area contributed by atoms with Crippen molar-refractivity contribution in [2.75, 3.05) is 11.1 Å². The average molecular weight is 406 g/mol. The third-order valence-electron chi connectivity index (χ3n) is 3.24. The Morgan fingerprint density at radius 3 is 2.89 bits per heavy atom. The Balaban J connectivity index is 1.42. The number of thioether (sulfide) groups is 1. The second-order valence-corrected chi connectivity index (χ2v) is 7.36. The molecule has 3 rings (SSSR count). The number of amides is 2. The lowest BCUT2D eigenvalue weighted by Crippen LogP contribution is -2.24. The molecule has 0 saturated carbocycles. The molecule has 0 spiro atoms. The van der Waals surface area contributed by atoms with Gasteiger partial charge in [-0.2, -0.15) is 0 Å². The van der Waals surface area contributed by atoms with Crippen LogP contribution in [0.2, 0.25) is 0 Å². The fourth-order valence-electron chi connectivity index (χ4n) is 2.04. The summed E-state index contributed by atoms with van der Waals surface area (Å²) in [6.07, 6.45) is 1.55. The first-order chi connectivity index (χ1) is 13.1. The zero-order chi connectivity index (χ0) is 19.1. The largest absolute Gasteiger partial charge is 0.467 e. The molecule has 2 N–H and O–H groups in total. The van der Waals surface area contributed by atoms with Crippen molar-refractivity contribution in [3.05, 3.63) is 64.3 Å². The molecule has 7 nitrogen and oxygen atoms in total. The van der Waals surface area contributed by atoms with Gasteiger partial charge in [-0.1, -0.05) is 17.4 Å². The van der Waals surface area contributed by atoms with Gasteiger partial charge in [-0.05, 0) is 30.3 Å². The molecule has 10 heteroatoms. The van der Waals surface area contributed by atoms with Crippen molar-refractivity contribution in [3.8, 4) is 0 Å². The van der Waals surface area contributed by atoms with E-state index in [9.17, 15) is 14.0 Å². The standard InChI is InChI=1S/C17H15FN4O3S2/c18-11-3-1-4-12(7-11)20-16(24)17-22-21-15(27-17)10-26-9-14(23)19-8-13-5-2-6-25-13/h1-7H,8-10H2,(H,19,23)(H,20,24). The summed E-state index contributed by atoms with van der Waals surface area (Å²) in [6, 6.07) is 9.14. The highest BCUT2D eigenvalue weighted by molar-refractivity contribution is 7.99. The van der Waals surface area contributed by atoms with Gasteiger partial charge in [0.1, 0.15) is 16.6 Å². The second kappa shape index (κ2) is 9.28. The summed E-state index contributed by atoms with van der Waals surface area (Å²) in [5.41, 5.74) is 0.347. The van der Waals surface area contributed by atoms with Gasteiger partial charge < -0.3 is 15.1 Å². The van der Waals surface area contributed by atoms with Crippen molar-refractivity contribution in [1.82, 2.24) is 15.5 Å². The molecule has 3 aromatic rings. The van der Waals surface area contributed by atoms with Crippen LogP contribution in [-0.2, 0) is 17.1 Å². The number of rotatable bonds is 8. The number of hydrogen-bond acceptors (Lipinski definition) is 7. The number of anilines is 1. The summed E-state index contributed by atoms with van der Waals surface area (Å²) in [7, 11) is 0. The number of hydrogen-bond donors (Lipinski definition) is 2. The van der Waals surface area contributed by atoms with Crippen molar-refractivity contribution in [2.24, 2.45) is 0 Å². The molecule has 0 atom stereocenters. The van der Waals surface area contributed by atoms with Gasteiger partial charge in [0.25, 0.3) is 5.91 Å². The van der Waals surface area contributed by atoms with E-state index in [0.717, 1.165) is 11.3 Å². The van der Waals surface area contributed by atoms with E-state index in [1.165, 1.54) is 30.0 Å². The molecule has 2 heterocycles. The van der Waals surface area contributed by atoms with Gasteiger partial charge in [0.15, 0.2) is 0 Å². The molecule has 0 fully saturated rings. The smallest absolute Gasteiger partial charge is 0.286 e. The number of aromatic nitrogens is 2. The third kappa shape index (κ3) is 5.90. The van der Waals surface area contributed by atoms with Gasteiger partial charge >= 0.3 is 0 Å². The van der Waals surface area contributed by atoms with Crippen LogP contribution in [0.3, 0.4) is 0 Å². The Kier molecular flexibility index (Phi) is 6.55. The maximum absolute atomic E-state index is 13.1. The lowest BCUT2D eigenvalue weighted by molar-refractivity contribution is -0.118. The topological polar surface area (TPSA) is 97.1 Å². The predicted molar refractivity (Wildman–Crippen MR) is 101 cm³/mol. The summed E-state index contributed by atoms with van der Waals surface area (Å²) in [4.78, 5) is 23.9. The molecular weight excluding hydrogens is 391 g/mol. The minimum absolute atomic E-state index is 0.120. The molecule has 0 aliphatic heterocycles. The van der Waals surface area contributed by atoms with Crippen LogP contribution in [0.5, 0.6) is 0 Å². The zero-order valence-electron chi connectivity index (χ0n) is 14.0. The first-order valence-electron chi connectivity index (χ1n) is 7.86. The Morgan fingerprint density at radius 2 is 2.11 bits per heavy atom. The molecule has 2 amide bonds. The summed E-state index contributed by atoms with van der Waals surface area (Å²) >= 11 is 2.50. The summed E-state index contributed by atoms with van der Waals surface area (Å²) < 4.78 is 18.3. The van der Waals surface area contributed by atoms with E-state index >= 15 is 0 Å². The van der Waals surface area contributed by atoms with E-state index < -0.39 is 11.7 Å². The fourth-order valence-corrected chi connectivity index (χ4v) is 3.67. The molecule has 0 bridgehead atoms. The van der Waals surface area contributed by atoms with Crippen LogP contribution >= 0.6 is 23.1 Å². The number of benzene rings is 1. The minimum Gasteiger partial charge on any atom is -0.467 e. The molecule has 0 radical (unpaired) electrons. The van der Waals surface area contributed by atoms with Crippen molar-refractivity contribution in [1.29, 1.82) is 0 Å². The van der Waals surface area contributed by atoms with Gasteiger partial charge in [0.05, 0.1) is 18.6 Å². The average Bonchev–Trinajstić information content (AvgIpc) is 3.32. The Morgan fingerprint density at radius 1 is 1.22 bits per heavy atom. The van der Waals surface area contributed by atoms with E-state index in [2.05, 4.69) is 20.8 Å². The van der Waals surface area contributed by atoms with Crippen LogP contribution in [0.4, 0.5) is 10.1 Å². The molecular formula is C17H15FN4O3S2. The van der Waals surface area contributed by atoms with Gasteiger partial charge in [-0.3, -0.25) is 9.59 Å². The minimum atomic E-state index is -0.453. The van der Waals surface area contributed by atoms with Gasteiger partial charge in [-0.15, -0.1) is 22.0 Å². The lowest BCUT2D eigenvalue weighted by atomic mass is 10.3. The van der Waals surface area contributed by atoms with Crippen LogP contribution in [0.25, 0.3) is 0 Å². The third-order valence-corrected chi connectivity index (χ3v) is 5.29. The summed E-state index contributed by atoms with van der Waals surface area (Å²) in [5, 5.41) is 13.9. The van der Waals surface area contributed by atoms with Gasteiger partial charge in [-0.25, -0.2) is 4.39 Å². The fraction of sp³-hybridized carbons (Fsp3) is 0.176. The molecule has 0 aliphatic rings. The van der Waals surface area contributed by atoms with Gasteiger partial charge in [0, 0.05) is 11.4 Å². The van der Waals surface area contributed by atoms with Crippen LogP contribution in [0.15, 0.2) is 47.1 Å². The molecule has 0 aliphatic carbocycles. The van der Waals surface area contributed by atoms with Crippen molar-refractivity contribution in [2.45, 2.75) is 12.3 Å². The monoisotopic (exact) mass is 406 g/mol. The van der Waals surface area contributed by atoms with Crippen molar-refractivity contribution in [3.63, 3.8) is 0 Å². The first kappa shape index (κ1) is 19.1. The Labute approximate surface area is 162 Å². The summed E-state index contributed by atoms with van der Waals surface area (Å²) in [6.45, 7) is 0.343. The van der Waals surface area contributed by atoms with Crippen LogP contribution in [0, 0.1) is 5.82 Å². The van der Waals surface area contributed by atoms with E-state index in [1.54, 1.807) is 24.5 Å². The summed E-state index contributed by atoms with van der Waals surface area (Å²) in [5.74, 6) is 0.388. The number of carbonyl (C=O) groups is 2. The van der Waals surface area contributed by atoms with Crippen molar-refractivity contribution < 1.29 is 18.4 Å². The van der Waals surface area contributed by atoms with Crippen LogP contribution in [-0.4, -0.2) is 27.8 Å². The first-order valence-corrected chi connectivity index (χ1v) is 9.83. The SMILES string of the molecule is O=C(CSCc1nnc(C(=O)Nc2cccc(F)c2)s1)NCc1ccco1. The zero-order valence-corrected chi connectivity index (χ0v) is 15.6. The molecule has 140 valence electrons. The number of nitrogens with one attached hydrogen (secondary N) is 2. The second-order valence-electron chi connectivity index (χ2n) is 5.31. The van der Waals surface area contributed by atoms with Crippen molar-refractivity contribution >= 4 is 40.6 Å². The van der Waals surface area contributed by atoms with E-state index in [0.29, 0.717) is 28.8 Å². The molecule has 0 unspecified atom stereocenters. The number of halogens is 1. The highest BCUT2D eigenvalue weighted by Gasteiger charge is 2.14. The number of furan rings is 1. The molecule has 2 aromatic heterocycles. The Hall–Kier alpha value is -2.72. The molecule has 1 aromatic carbocycles. The van der Waals surface area contributed by atoms with E-state index in [-0.39, 0.29) is 16.7 Å². The highest BCUT2D eigenvalue weighted by atomic mass is 32.2. The molecule has 0 saturated heterocycles. The van der Waals surface area contributed by atoms with E-state index in [4.69, 9.17) is 4.42 Å². The lowest BCUT2D eigenvalue weighted by Gasteiger charge is -2.02. The Bertz CT molecular complexity index is 915. The normalized spacial score (nSPS) is 10.6. The number of nitrogens with zero attached hydrogens (tertiary/aromatic N) is 2. The van der Waals surface area contributed by atoms with E-state index in [1.807, 2.05) is 0 Å². The highest BCUT2D eigenvalue weighted by Crippen LogP contribution is 2.18. The molecule has 27 heavy (non-hydrogen) atoms. The maximum Gasteiger partial charge on any atom is 0.286 e.